The Bertz CT molecular complexity index is 939. The minimum atomic E-state index is 0.221. The molecule has 1 saturated heterocycles. The SMILES string of the molecule is CN1CC(Oc2cc(-c3cccc(C#N)c3)cc3ccncc23)C1. The van der Waals surface area contributed by atoms with Crippen molar-refractivity contribution in [1.82, 2.24) is 9.88 Å². The van der Waals surface area contributed by atoms with Gasteiger partial charge in [-0.25, -0.2) is 0 Å². The molecule has 4 rings (SSSR count). The number of nitriles is 1. The first-order valence-corrected chi connectivity index (χ1v) is 7.96. The highest BCUT2D eigenvalue weighted by Gasteiger charge is 2.25. The van der Waals surface area contributed by atoms with E-state index in [0.717, 1.165) is 40.7 Å². The molecule has 0 amide bonds. The molecule has 4 nitrogen and oxygen atoms in total. The maximum atomic E-state index is 9.13. The molecule has 0 aliphatic carbocycles. The minimum Gasteiger partial charge on any atom is -0.487 e. The summed E-state index contributed by atoms with van der Waals surface area (Å²) in [7, 11) is 2.09. The molecule has 24 heavy (non-hydrogen) atoms. The number of ether oxygens (including phenoxy) is 1. The van der Waals surface area contributed by atoms with E-state index in [2.05, 4.69) is 35.1 Å². The van der Waals surface area contributed by atoms with Crippen molar-refractivity contribution in [1.29, 1.82) is 5.26 Å². The quantitative estimate of drug-likeness (QED) is 0.742. The van der Waals surface area contributed by atoms with E-state index < -0.39 is 0 Å². The Labute approximate surface area is 140 Å². The molecule has 2 heterocycles. The van der Waals surface area contributed by atoms with Gasteiger partial charge in [0.15, 0.2) is 0 Å². The van der Waals surface area contributed by atoms with E-state index in [1.54, 1.807) is 6.20 Å². The van der Waals surface area contributed by atoms with E-state index in [0.29, 0.717) is 5.56 Å². The summed E-state index contributed by atoms with van der Waals surface area (Å²) in [5.74, 6) is 0.857. The van der Waals surface area contributed by atoms with Gasteiger partial charge < -0.3 is 4.74 Å². The van der Waals surface area contributed by atoms with Crippen LogP contribution in [0.2, 0.25) is 0 Å². The molecule has 1 aliphatic heterocycles. The molecule has 0 bridgehead atoms. The van der Waals surface area contributed by atoms with Crippen LogP contribution in [0.5, 0.6) is 5.75 Å². The van der Waals surface area contributed by atoms with Crippen molar-refractivity contribution in [3.8, 4) is 22.9 Å². The summed E-state index contributed by atoms with van der Waals surface area (Å²) in [6.45, 7) is 1.88. The van der Waals surface area contributed by atoms with Crippen molar-refractivity contribution in [2.24, 2.45) is 0 Å². The largest absolute Gasteiger partial charge is 0.487 e. The Hall–Kier alpha value is -2.90. The smallest absolute Gasteiger partial charge is 0.129 e. The molecule has 2 aromatic carbocycles. The summed E-state index contributed by atoms with van der Waals surface area (Å²) in [6, 6.07) is 16.0. The van der Waals surface area contributed by atoms with Crippen LogP contribution in [-0.2, 0) is 0 Å². The van der Waals surface area contributed by atoms with Crippen LogP contribution in [0, 0.1) is 11.3 Å². The van der Waals surface area contributed by atoms with Crippen LogP contribution in [-0.4, -0.2) is 36.1 Å². The molecule has 0 unspecified atom stereocenters. The van der Waals surface area contributed by atoms with Gasteiger partial charge in [-0.2, -0.15) is 5.26 Å². The second-order valence-electron chi connectivity index (χ2n) is 6.22. The minimum absolute atomic E-state index is 0.221. The Morgan fingerprint density at radius 3 is 2.83 bits per heavy atom. The number of aromatic nitrogens is 1. The van der Waals surface area contributed by atoms with Gasteiger partial charge >= 0.3 is 0 Å². The third-order valence-corrected chi connectivity index (χ3v) is 4.37. The number of likely N-dealkylation sites (N-methyl/N-ethyl adjacent to an activating group) is 1. The van der Waals surface area contributed by atoms with Gasteiger partial charge in [0.05, 0.1) is 11.6 Å². The first kappa shape index (κ1) is 14.7. The highest BCUT2D eigenvalue weighted by atomic mass is 16.5. The Morgan fingerprint density at radius 1 is 1.17 bits per heavy atom. The van der Waals surface area contributed by atoms with Crippen LogP contribution < -0.4 is 4.74 Å². The predicted molar refractivity (Wildman–Crippen MR) is 93.8 cm³/mol. The van der Waals surface area contributed by atoms with Crippen LogP contribution in [0.1, 0.15) is 5.56 Å². The fourth-order valence-corrected chi connectivity index (χ4v) is 3.09. The summed E-state index contributed by atoms with van der Waals surface area (Å²) in [4.78, 5) is 6.46. The van der Waals surface area contributed by atoms with E-state index >= 15 is 0 Å². The molecule has 1 fully saturated rings. The molecular weight excluding hydrogens is 298 g/mol. The Balaban J connectivity index is 1.80. The molecule has 0 N–H and O–H groups in total. The second-order valence-corrected chi connectivity index (χ2v) is 6.22. The lowest BCUT2D eigenvalue weighted by Crippen LogP contribution is -2.51. The summed E-state index contributed by atoms with van der Waals surface area (Å²) in [5, 5.41) is 11.2. The van der Waals surface area contributed by atoms with Crippen molar-refractivity contribution < 1.29 is 4.74 Å². The lowest BCUT2D eigenvalue weighted by atomic mass is 10.00. The van der Waals surface area contributed by atoms with E-state index in [4.69, 9.17) is 10.00 Å². The van der Waals surface area contributed by atoms with Crippen molar-refractivity contribution in [3.63, 3.8) is 0 Å². The number of hydrogen-bond acceptors (Lipinski definition) is 4. The van der Waals surface area contributed by atoms with Gasteiger partial charge in [-0.1, -0.05) is 12.1 Å². The zero-order chi connectivity index (χ0) is 16.5. The van der Waals surface area contributed by atoms with Crippen molar-refractivity contribution in [2.45, 2.75) is 6.10 Å². The third-order valence-electron chi connectivity index (χ3n) is 4.37. The summed E-state index contributed by atoms with van der Waals surface area (Å²) < 4.78 is 6.21. The lowest BCUT2D eigenvalue weighted by Gasteiger charge is -2.36. The van der Waals surface area contributed by atoms with Gasteiger partial charge in [0.1, 0.15) is 11.9 Å². The zero-order valence-electron chi connectivity index (χ0n) is 13.4. The van der Waals surface area contributed by atoms with Crippen LogP contribution >= 0.6 is 0 Å². The zero-order valence-corrected chi connectivity index (χ0v) is 13.4. The van der Waals surface area contributed by atoms with Crippen LogP contribution in [0.25, 0.3) is 21.9 Å². The molecule has 0 atom stereocenters. The molecule has 1 aliphatic rings. The molecule has 0 radical (unpaired) electrons. The topological polar surface area (TPSA) is 49.1 Å². The van der Waals surface area contributed by atoms with Gasteiger partial charge in [-0.3, -0.25) is 9.88 Å². The maximum Gasteiger partial charge on any atom is 0.129 e. The average molecular weight is 315 g/mol. The predicted octanol–water partition coefficient (Wildman–Crippen LogP) is 3.47. The summed E-state index contributed by atoms with van der Waals surface area (Å²) in [5.41, 5.74) is 2.72. The van der Waals surface area contributed by atoms with Gasteiger partial charge in [-0.05, 0) is 53.9 Å². The fraction of sp³-hybridized carbons (Fsp3) is 0.200. The molecule has 3 aromatic rings. The first-order chi connectivity index (χ1) is 11.7. The number of benzene rings is 2. The first-order valence-electron chi connectivity index (χ1n) is 7.96. The number of rotatable bonds is 3. The number of pyridine rings is 1. The average Bonchev–Trinajstić information content (AvgIpc) is 2.60. The molecule has 118 valence electrons. The molecule has 1 aromatic heterocycles. The van der Waals surface area contributed by atoms with Crippen molar-refractivity contribution in [3.05, 3.63) is 60.4 Å². The molecule has 4 heteroatoms. The maximum absolute atomic E-state index is 9.13. The Morgan fingerprint density at radius 2 is 2.04 bits per heavy atom. The monoisotopic (exact) mass is 315 g/mol. The van der Waals surface area contributed by atoms with Crippen LogP contribution in [0.15, 0.2) is 54.9 Å². The summed E-state index contributed by atoms with van der Waals surface area (Å²) in [6.07, 6.45) is 3.86. The lowest BCUT2D eigenvalue weighted by molar-refractivity contribution is 0.0399. The van der Waals surface area contributed by atoms with E-state index in [1.807, 2.05) is 36.5 Å². The van der Waals surface area contributed by atoms with Crippen LogP contribution in [0.3, 0.4) is 0 Å². The Kier molecular flexibility index (Phi) is 3.64. The second kappa shape index (κ2) is 5.95. The molecular formula is C20H17N3O. The van der Waals surface area contributed by atoms with Gasteiger partial charge in [0.25, 0.3) is 0 Å². The highest BCUT2D eigenvalue weighted by Crippen LogP contribution is 2.33. The fourth-order valence-electron chi connectivity index (χ4n) is 3.09. The number of hydrogen-bond donors (Lipinski definition) is 0. The summed E-state index contributed by atoms with van der Waals surface area (Å²) >= 11 is 0. The van der Waals surface area contributed by atoms with Gasteiger partial charge in [-0.15, -0.1) is 0 Å². The number of nitrogens with zero attached hydrogens (tertiary/aromatic N) is 3. The normalized spacial score (nSPS) is 15.0. The number of fused-ring (bicyclic) bond motifs is 1. The van der Waals surface area contributed by atoms with Crippen molar-refractivity contribution >= 4 is 10.8 Å². The van der Waals surface area contributed by atoms with Crippen molar-refractivity contribution in [2.75, 3.05) is 20.1 Å². The van der Waals surface area contributed by atoms with E-state index in [-0.39, 0.29) is 6.10 Å². The standard InChI is InChI=1S/C20H17N3O/c1-23-12-18(13-23)24-20-9-17(8-16-5-6-22-11-19(16)20)15-4-2-3-14(7-15)10-21/h2-9,11,18H,12-13H2,1H3. The number of likely N-dealkylation sites (tertiary alicyclic amines) is 1. The van der Waals surface area contributed by atoms with Gasteiger partial charge in [0.2, 0.25) is 0 Å². The third kappa shape index (κ3) is 2.70. The molecule has 0 spiro atoms. The van der Waals surface area contributed by atoms with E-state index in [9.17, 15) is 0 Å². The van der Waals surface area contributed by atoms with E-state index in [1.165, 1.54) is 0 Å². The van der Waals surface area contributed by atoms with Gasteiger partial charge in [0, 0.05) is 30.9 Å². The van der Waals surface area contributed by atoms with Crippen LogP contribution in [0.4, 0.5) is 0 Å². The molecule has 0 saturated carbocycles. The highest BCUT2D eigenvalue weighted by molar-refractivity contribution is 5.92.